The Balaban J connectivity index is 1.85. The fourth-order valence-electron chi connectivity index (χ4n) is 2.57. The fraction of sp³-hybridized carbons (Fsp3) is 0.562. The van der Waals surface area contributed by atoms with Crippen molar-refractivity contribution in [3.05, 3.63) is 34.3 Å². The molecule has 0 radical (unpaired) electrons. The standard InChI is InChI=1S/C16H22BrFN2O2/c1-12(13-2-4-14(17)5-3-13)20-11-7-15(22-16(20)21)6-9-19-10-8-18/h2-5,12,15,19H,6-11H2,1H3. The van der Waals surface area contributed by atoms with Gasteiger partial charge in [0.05, 0.1) is 6.04 Å². The van der Waals surface area contributed by atoms with Gasteiger partial charge in [-0.15, -0.1) is 0 Å². The Morgan fingerprint density at radius 2 is 2.14 bits per heavy atom. The molecule has 122 valence electrons. The summed E-state index contributed by atoms with van der Waals surface area (Å²) in [5.74, 6) is 0. The van der Waals surface area contributed by atoms with Gasteiger partial charge in [-0.3, -0.25) is 0 Å². The molecular weight excluding hydrogens is 351 g/mol. The second kappa shape index (κ2) is 8.48. The molecule has 0 aromatic heterocycles. The molecule has 1 fully saturated rings. The second-order valence-corrected chi connectivity index (χ2v) is 6.36. The first-order valence-corrected chi connectivity index (χ1v) is 8.40. The van der Waals surface area contributed by atoms with Gasteiger partial charge in [-0.25, -0.2) is 9.18 Å². The molecular formula is C16H22BrFN2O2. The van der Waals surface area contributed by atoms with Crippen molar-refractivity contribution in [2.24, 2.45) is 0 Å². The molecule has 2 rings (SSSR count). The number of hydrogen-bond acceptors (Lipinski definition) is 3. The summed E-state index contributed by atoms with van der Waals surface area (Å²) in [7, 11) is 0. The van der Waals surface area contributed by atoms with Gasteiger partial charge in [0.25, 0.3) is 0 Å². The highest BCUT2D eigenvalue weighted by molar-refractivity contribution is 9.10. The van der Waals surface area contributed by atoms with Gasteiger partial charge in [0, 0.05) is 24.0 Å². The van der Waals surface area contributed by atoms with Crippen LogP contribution in [0.25, 0.3) is 0 Å². The predicted octanol–water partition coefficient (Wildman–Crippen LogP) is 3.67. The molecule has 1 aliphatic rings. The molecule has 2 atom stereocenters. The Labute approximate surface area is 139 Å². The van der Waals surface area contributed by atoms with Crippen LogP contribution in [0.15, 0.2) is 28.7 Å². The molecule has 1 N–H and O–H groups in total. The summed E-state index contributed by atoms with van der Waals surface area (Å²) in [6.07, 6.45) is 1.20. The van der Waals surface area contributed by atoms with E-state index in [4.69, 9.17) is 4.74 Å². The number of nitrogens with one attached hydrogen (secondary N) is 1. The number of carbonyl (C=O) groups is 1. The van der Waals surface area contributed by atoms with Crippen LogP contribution in [-0.4, -0.2) is 43.4 Å². The Morgan fingerprint density at radius 1 is 1.41 bits per heavy atom. The van der Waals surface area contributed by atoms with E-state index in [1.54, 1.807) is 4.90 Å². The van der Waals surface area contributed by atoms with Crippen LogP contribution >= 0.6 is 15.9 Å². The summed E-state index contributed by atoms with van der Waals surface area (Å²) in [4.78, 5) is 13.9. The first-order valence-electron chi connectivity index (χ1n) is 7.61. The lowest BCUT2D eigenvalue weighted by Gasteiger charge is -2.36. The smallest absolute Gasteiger partial charge is 0.410 e. The summed E-state index contributed by atoms with van der Waals surface area (Å²) in [6, 6.07) is 7.96. The molecule has 1 heterocycles. The molecule has 1 amide bonds. The van der Waals surface area contributed by atoms with Crippen LogP contribution in [0.1, 0.15) is 31.4 Å². The highest BCUT2D eigenvalue weighted by Gasteiger charge is 2.30. The number of carbonyl (C=O) groups excluding carboxylic acids is 1. The lowest BCUT2D eigenvalue weighted by molar-refractivity contribution is 0.0102. The van der Waals surface area contributed by atoms with Gasteiger partial charge in [-0.1, -0.05) is 28.1 Å². The SMILES string of the molecule is CC(c1ccc(Br)cc1)N1CCC(CCNCCF)OC1=O. The maximum absolute atomic E-state index is 12.2. The molecule has 2 unspecified atom stereocenters. The number of benzene rings is 1. The van der Waals surface area contributed by atoms with E-state index in [1.165, 1.54) is 0 Å². The monoisotopic (exact) mass is 372 g/mol. The molecule has 6 heteroatoms. The van der Waals surface area contributed by atoms with Crippen molar-refractivity contribution in [3.8, 4) is 0 Å². The average molecular weight is 373 g/mol. The fourth-order valence-corrected chi connectivity index (χ4v) is 2.84. The minimum Gasteiger partial charge on any atom is -0.446 e. The Morgan fingerprint density at radius 3 is 2.77 bits per heavy atom. The molecule has 1 saturated heterocycles. The largest absolute Gasteiger partial charge is 0.446 e. The molecule has 22 heavy (non-hydrogen) atoms. The Hall–Kier alpha value is -1.14. The zero-order valence-electron chi connectivity index (χ0n) is 12.7. The quantitative estimate of drug-likeness (QED) is 0.742. The van der Waals surface area contributed by atoms with E-state index in [-0.39, 0.29) is 24.9 Å². The summed E-state index contributed by atoms with van der Waals surface area (Å²) in [6.45, 7) is 3.35. The Kier molecular flexibility index (Phi) is 6.64. The summed E-state index contributed by atoms with van der Waals surface area (Å²) in [5.41, 5.74) is 1.09. The van der Waals surface area contributed by atoms with Crippen molar-refractivity contribution in [1.29, 1.82) is 0 Å². The van der Waals surface area contributed by atoms with Gasteiger partial charge in [0.1, 0.15) is 12.8 Å². The molecule has 0 bridgehead atoms. The van der Waals surface area contributed by atoms with Crippen molar-refractivity contribution >= 4 is 22.0 Å². The molecule has 4 nitrogen and oxygen atoms in total. The zero-order valence-corrected chi connectivity index (χ0v) is 14.3. The Bertz CT molecular complexity index is 484. The molecule has 0 spiro atoms. The van der Waals surface area contributed by atoms with Crippen molar-refractivity contribution in [3.63, 3.8) is 0 Å². The van der Waals surface area contributed by atoms with Crippen LogP contribution in [0.4, 0.5) is 9.18 Å². The molecule has 0 saturated carbocycles. The van der Waals surface area contributed by atoms with Crippen LogP contribution in [0.5, 0.6) is 0 Å². The molecule has 1 aliphatic heterocycles. The van der Waals surface area contributed by atoms with E-state index in [0.29, 0.717) is 19.6 Å². The van der Waals surface area contributed by atoms with Gasteiger partial charge in [-0.2, -0.15) is 0 Å². The van der Waals surface area contributed by atoms with E-state index in [9.17, 15) is 9.18 Å². The molecule has 1 aromatic carbocycles. The van der Waals surface area contributed by atoms with Gasteiger partial charge in [0.15, 0.2) is 0 Å². The first kappa shape index (κ1) is 17.2. The van der Waals surface area contributed by atoms with E-state index in [2.05, 4.69) is 21.2 Å². The summed E-state index contributed by atoms with van der Waals surface area (Å²) < 4.78 is 18.5. The van der Waals surface area contributed by atoms with Crippen LogP contribution in [0.2, 0.25) is 0 Å². The highest BCUT2D eigenvalue weighted by Crippen LogP contribution is 2.26. The summed E-state index contributed by atoms with van der Waals surface area (Å²) in [5, 5.41) is 2.98. The zero-order chi connectivity index (χ0) is 15.9. The van der Waals surface area contributed by atoms with Gasteiger partial charge >= 0.3 is 6.09 Å². The number of hydrogen-bond donors (Lipinski definition) is 1. The van der Waals surface area contributed by atoms with Crippen molar-refractivity contribution in [2.75, 3.05) is 26.3 Å². The van der Waals surface area contributed by atoms with E-state index in [0.717, 1.165) is 22.9 Å². The minimum absolute atomic E-state index is 0.00814. The minimum atomic E-state index is -0.372. The van der Waals surface area contributed by atoms with Crippen LogP contribution in [-0.2, 0) is 4.74 Å². The normalized spacial score (nSPS) is 19.9. The van der Waals surface area contributed by atoms with E-state index in [1.807, 2.05) is 31.2 Å². The van der Waals surface area contributed by atoms with Crippen molar-refractivity contribution in [1.82, 2.24) is 10.2 Å². The van der Waals surface area contributed by atoms with Crippen molar-refractivity contribution in [2.45, 2.75) is 31.9 Å². The molecule has 1 aromatic rings. The number of nitrogens with zero attached hydrogens (tertiary/aromatic N) is 1. The van der Waals surface area contributed by atoms with E-state index >= 15 is 0 Å². The van der Waals surface area contributed by atoms with E-state index < -0.39 is 0 Å². The number of amides is 1. The maximum atomic E-state index is 12.2. The number of alkyl halides is 1. The first-order chi connectivity index (χ1) is 10.6. The number of cyclic esters (lactones) is 1. The third kappa shape index (κ3) is 4.68. The maximum Gasteiger partial charge on any atom is 0.410 e. The lowest BCUT2D eigenvalue weighted by Crippen LogP contribution is -2.44. The van der Waals surface area contributed by atoms with Crippen LogP contribution in [0, 0.1) is 0 Å². The highest BCUT2D eigenvalue weighted by atomic mass is 79.9. The van der Waals surface area contributed by atoms with Gasteiger partial charge < -0.3 is 15.0 Å². The van der Waals surface area contributed by atoms with Gasteiger partial charge in [0.2, 0.25) is 0 Å². The third-order valence-corrected chi connectivity index (χ3v) is 4.46. The van der Waals surface area contributed by atoms with Crippen LogP contribution in [0.3, 0.4) is 0 Å². The van der Waals surface area contributed by atoms with Crippen molar-refractivity contribution < 1.29 is 13.9 Å². The number of ether oxygens (including phenoxy) is 1. The number of rotatable bonds is 7. The second-order valence-electron chi connectivity index (χ2n) is 5.44. The third-order valence-electron chi connectivity index (χ3n) is 3.93. The average Bonchev–Trinajstić information content (AvgIpc) is 2.52. The lowest BCUT2D eigenvalue weighted by atomic mass is 10.1. The molecule has 0 aliphatic carbocycles. The topological polar surface area (TPSA) is 41.6 Å². The number of halogens is 2. The summed E-state index contributed by atoms with van der Waals surface area (Å²) >= 11 is 3.41. The predicted molar refractivity (Wildman–Crippen MR) is 87.6 cm³/mol. The van der Waals surface area contributed by atoms with Gasteiger partial charge in [-0.05, 0) is 37.6 Å². The van der Waals surface area contributed by atoms with Crippen LogP contribution < -0.4 is 5.32 Å².